The van der Waals surface area contributed by atoms with Gasteiger partial charge in [0.05, 0.1) is 17.1 Å². The number of carbonyl (C=O) groups is 1. The summed E-state index contributed by atoms with van der Waals surface area (Å²) in [7, 11) is 0. The highest BCUT2D eigenvalue weighted by molar-refractivity contribution is 5.96. The molecule has 0 spiro atoms. The highest BCUT2D eigenvalue weighted by Crippen LogP contribution is 2.12. The van der Waals surface area contributed by atoms with Crippen LogP contribution in [0.15, 0.2) is 41.8 Å². The number of aromatic nitrogens is 3. The minimum absolute atomic E-state index is 0.0111. The molecule has 0 aliphatic carbocycles. The molecule has 8 heteroatoms. The van der Waals surface area contributed by atoms with Gasteiger partial charge in [-0.2, -0.15) is 0 Å². The minimum atomic E-state index is -0.428. The molecular weight excluding hydrogens is 382 g/mol. The van der Waals surface area contributed by atoms with Crippen LogP contribution in [0.5, 0.6) is 0 Å². The van der Waals surface area contributed by atoms with E-state index < -0.39 is 5.91 Å². The molecule has 3 heterocycles. The lowest BCUT2D eigenvalue weighted by Crippen LogP contribution is -2.35. The fraction of sp³-hybridized carbons (Fsp3) is 0.364. The van der Waals surface area contributed by atoms with E-state index in [-0.39, 0.29) is 29.3 Å². The molecule has 0 aliphatic heterocycles. The Morgan fingerprint density at radius 2 is 2.17 bits per heavy atom. The average Bonchev–Trinajstić information content (AvgIpc) is 2.71. The number of nitrogens with zero attached hydrogens (tertiary/aromatic N) is 3. The van der Waals surface area contributed by atoms with Crippen molar-refractivity contribution in [3.8, 4) is 0 Å². The van der Waals surface area contributed by atoms with Crippen LogP contribution in [0.25, 0.3) is 16.7 Å². The van der Waals surface area contributed by atoms with Gasteiger partial charge in [-0.05, 0) is 44.9 Å². The van der Waals surface area contributed by atoms with Gasteiger partial charge in [0.1, 0.15) is 16.8 Å². The molecule has 0 aliphatic rings. The molecule has 0 saturated heterocycles. The lowest BCUT2D eigenvalue weighted by Gasteiger charge is -2.15. The van der Waals surface area contributed by atoms with E-state index in [1.165, 1.54) is 10.5 Å². The molecule has 2 N–H and O–H groups in total. The molecule has 0 aromatic carbocycles. The molecule has 8 nitrogen and oxygen atoms in total. The van der Waals surface area contributed by atoms with Crippen LogP contribution < -0.4 is 16.4 Å². The second-order valence-electron chi connectivity index (χ2n) is 7.42. The molecule has 0 atom stereocenters. The number of fused-ring (bicyclic) bond motifs is 2. The fourth-order valence-electron chi connectivity index (χ4n) is 3.24. The molecule has 0 radical (unpaired) electrons. The lowest BCUT2D eigenvalue weighted by atomic mass is 10.2. The largest absolute Gasteiger partial charge is 0.379 e. The number of hydrogen-bond donors (Lipinski definition) is 2. The molecule has 3 rings (SSSR count). The number of amides is 1. The van der Waals surface area contributed by atoms with Gasteiger partial charge >= 0.3 is 0 Å². The number of hydrogen-bond acceptors (Lipinski definition) is 5. The van der Waals surface area contributed by atoms with Gasteiger partial charge in [-0.3, -0.25) is 19.4 Å². The van der Waals surface area contributed by atoms with Gasteiger partial charge in [-0.1, -0.05) is 12.1 Å². The molecule has 158 valence electrons. The molecule has 0 unspecified atom stereocenters. The standard InChI is InChI=1S/C22H27N5O3/c1-5-9-24-21(28)16-12-17-20(26(19(16)23)10-6-11-30-14(2)3)25-18-8-7-15(4)13-27(18)22(17)29/h5,7-8,12-14,23H,1,6,9-11H2,2-4H3,(H,24,28). The topological polar surface area (TPSA) is 101 Å². The summed E-state index contributed by atoms with van der Waals surface area (Å²) in [6, 6.07) is 5.12. The van der Waals surface area contributed by atoms with Gasteiger partial charge in [-0.15, -0.1) is 6.58 Å². The van der Waals surface area contributed by atoms with E-state index in [1.807, 2.05) is 26.8 Å². The highest BCUT2D eigenvalue weighted by atomic mass is 16.5. The summed E-state index contributed by atoms with van der Waals surface area (Å²) >= 11 is 0. The van der Waals surface area contributed by atoms with Crippen molar-refractivity contribution in [3.63, 3.8) is 0 Å². The molecule has 30 heavy (non-hydrogen) atoms. The Labute approximate surface area is 174 Å². The van der Waals surface area contributed by atoms with Crippen LogP contribution >= 0.6 is 0 Å². The minimum Gasteiger partial charge on any atom is -0.379 e. The van der Waals surface area contributed by atoms with Crippen LogP contribution in [0.4, 0.5) is 0 Å². The molecule has 3 aromatic rings. The van der Waals surface area contributed by atoms with Crippen molar-refractivity contribution in [1.29, 1.82) is 5.41 Å². The van der Waals surface area contributed by atoms with Crippen molar-refractivity contribution in [3.05, 3.63) is 64.0 Å². The van der Waals surface area contributed by atoms with Gasteiger partial charge in [0.15, 0.2) is 0 Å². The van der Waals surface area contributed by atoms with E-state index in [0.717, 1.165) is 5.56 Å². The second-order valence-corrected chi connectivity index (χ2v) is 7.42. The van der Waals surface area contributed by atoms with E-state index in [0.29, 0.717) is 36.3 Å². The van der Waals surface area contributed by atoms with Crippen molar-refractivity contribution in [2.24, 2.45) is 0 Å². The van der Waals surface area contributed by atoms with Gasteiger partial charge in [0.25, 0.3) is 11.5 Å². The predicted octanol–water partition coefficient (Wildman–Crippen LogP) is 2.17. The van der Waals surface area contributed by atoms with Crippen LogP contribution in [0.2, 0.25) is 0 Å². The van der Waals surface area contributed by atoms with Crippen molar-refractivity contribution < 1.29 is 9.53 Å². The number of carbonyl (C=O) groups excluding carboxylic acids is 1. The first-order chi connectivity index (χ1) is 14.3. The summed E-state index contributed by atoms with van der Waals surface area (Å²) in [5.41, 5.74) is 1.67. The highest BCUT2D eigenvalue weighted by Gasteiger charge is 2.17. The van der Waals surface area contributed by atoms with E-state index in [2.05, 4.69) is 16.9 Å². The summed E-state index contributed by atoms with van der Waals surface area (Å²) in [6.45, 7) is 10.6. The predicted molar refractivity (Wildman–Crippen MR) is 116 cm³/mol. The van der Waals surface area contributed by atoms with E-state index in [4.69, 9.17) is 10.1 Å². The molecular formula is C22H27N5O3. The zero-order valence-corrected chi connectivity index (χ0v) is 17.6. The van der Waals surface area contributed by atoms with Crippen LogP contribution in [0, 0.1) is 12.3 Å². The van der Waals surface area contributed by atoms with Gasteiger partial charge in [-0.25, -0.2) is 4.98 Å². The second kappa shape index (κ2) is 9.04. The monoisotopic (exact) mass is 409 g/mol. The third kappa shape index (κ3) is 4.33. The van der Waals surface area contributed by atoms with Crippen molar-refractivity contribution in [2.75, 3.05) is 13.2 Å². The van der Waals surface area contributed by atoms with Crippen LogP contribution in [0.3, 0.4) is 0 Å². The maximum Gasteiger partial charge on any atom is 0.267 e. The Kier molecular flexibility index (Phi) is 6.47. The maximum atomic E-state index is 13.2. The molecule has 3 aromatic heterocycles. The van der Waals surface area contributed by atoms with Crippen LogP contribution in [-0.4, -0.2) is 39.1 Å². The van der Waals surface area contributed by atoms with Crippen molar-refractivity contribution in [1.82, 2.24) is 19.3 Å². The molecule has 0 saturated carbocycles. The third-order valence-electron chi connectivity index (χ3n) is 4.68. The van der Waals surface area contributed by atoms with Crippen molar-refractivity contribution in [2.45, 2.75) is 39.8 Å². The number of rotatable bonds is 8. The SMILES string of the molecule is C=CCNC(=O)c1cc2c(=O)n3cc(C)ccc3nc2n(CCCOC(C)C)c1=N. The zero-order valence-electron chi connectivity index (χ0n) is 17.6. The Morgan fingerprint density at radius 3 is 2.87 bits per heavy atom. The van der Waals surface area contributed by atoms with E-state index in [1.54, 1.807) is 22.9 Å². The smallest absolute Gasteiger partial charge is 0.267 e. The summed E-state index contributed by atoms with van der Waals surface area (Å²) in [4.78, 5) is 30.4. The van der Waals surface area contributed by atoms with Gasteiger partial charge in [0.2, 0.25) is 0 Å². The van der Waals surface area contributed by atoms with Gasteiger partial charge < -0.3 is 14.6 Å². The van der Waals surface area contributed by atoms with E-state index in [9.17, 15) is 9.59 Å². The Morgan fingerprint density at radius 1 is 1.40 bits per heavy atom. The molecule has 1 amide bonds. The number of nitrogens with one attached hydrogen (secondary N) is 2. The van der Waals surface area contributed by atoms with Gasteiger partial charge in [0, 0.05) is 25.9 Å². The number of aryl methyl sites for hydroxylation is 2. The fourth-order valence-corrected chi connectivity index (χ4v) is 3.24. The first-order valence-corrected chi connectivity index (χ1v) is 9.95. The van der Waals surface area contributed by atoms with Crippen molar-refractivity contribution >= 4 is 22.6 Å². The summed E-state index contributed by atoms with van der Waals surface area (Å²) in [5, 5.41) is 11.6. The number of pyridine rings is 2. The molecule has 0 fully saturated rings. The van der Waals surface area contributed by atoms with Crippen LogP contribution in [0.1, 0.15) is 36.2 Å². The summed E-state index contributed by atoms with van der Waals surface area (Å²) in [6.07, 6.45) is 4.01. The lowest BCUT2D eigenvalue weighted by molar-refractivity contribution is 0.0748. The Balaban J connectivity index is 2.21. The quantitative estimate of drug-likeness (QED) is 0.338. The Hall–Kier alpha value is -3.26. The maximum absolute atomic E-state index is 13.2. The van der Waals surface area contributed by atoms with Crippen LogP contribution in [-0.2, 0) is 11.3 Å². The summed E-state index contributed by atoms with van der Waals surface area (Å²) in [5.74, 6) is -0.428. The summed E-state index contributed by atoms with van der Waals surface area (Å²) < 4.78 is 8.69. The zero-order chi connectivity index (χ0) is 21.8. The first-order valence-electron chi connectivity index (χ1n) is 9.95. The average molecular weight is 409 g/mol. The molecule has 0 bridgehead atoms. The van der Waals surface area contributed by atoms with E-state index >= 15 is 0 Å². The third-order valence-corrected chi connectivity index (χ3v) is 4.68. The normalized spacial score (nSPS) is 11.3. The Bertz CT molecular complexity index is 1220. The first kappa shape index (κ1) is 21.4. The number of ether oxygens (including phenoxy) is 1.